The minimum Gasteiger partial charge on any atom is -0.368 e. The van der Waals surface area contributed by atoms with E-state index in [2.05, 4.69) is 24.1 Å². The highest BCUT2D eigenvalue weighted by atomic mass is 19.1. The summed E-state index contributed by atoms with van der Waals surface area (Å²) in [5, 5.41) is 3.34. The van der Waals surface area contributed by atoms with Gasteiger partial charge in [0.05, 0.1) is 0 Å². The average Bonchev–Trinajstić information content (AvgIpc) is 2.72. The molecule has 1 heterocycles. The molecule has 1 aliphatic rings. The molecular weight excluding hydrogens is 215 g/mol. The number of hydrogen-bond acceptors (Lipinski definition) is 2. The van der Waals surface area contributed by atoms with Crippen LogP contribution in [0.15, 0.2) is 18.2 Å². The zero-order valence-corrected chi connectivity index (χ0v) is 10.7. The molecule has 1 N–H and O–H groups in total. The first-order valence-electron chi connectivity index (χ1n) is 6.48. The maximum Gasteiger partial charge on any atom is 0.125 e. The molecule has 94 valence electrons. The third-order valence-corrected chi connectivity index (χ3v) is 3.50. The van der Waals surface area contributed by atoms with Crippen LogP contribution in [0.1, 0.15) is 25.8 Å². The molecule has 1 aromatic rings. The number of halogens is 1. The van der Waals surface area contributed by atoms with Crippen LogP contribution in [0, 0.1) is 5.82 Å². The van der Waals surface area contributed by atoms with Crippen molar-refractivity contribution in [2.24, 2.45) is 0 Å². The fourth-order valence-electron chi connectivity index (χ4n) is 2.48. The number of fused-ring (bicyclic) bond motifs is 1. The van der Waals surface area contributed by atoms with Crippen molar-refractivity contribution in [3.8, 4) is 0 Å². The van der Waals surface area contributed by atoms with Crippen LogP contribution >= 0.6 is 0 Å². The van der Waals surface area contributed by atoms with E-state index >= 15 is 0 Å². The van der Waals surface area contributed by atoms with E-state index in [4.69, 9.17) is 0 Å². The lowest BCUT2D eigenvalue weighted by atomic mass is 10.1. The Morgan fingerprint density at radius 3 is 3.06 bits per heavy atom. The lowest BCUT2D eigenvalue weighted by molar-refractivity contribution is 0.564. The zero-order chi connectivity index (χ0) is 12.3. The van der Waals surface area contributed by atoms with Gasteiger partial charge in [-0.05, 0) is 50.6 Å². The second kappa shape index (κ2) is 5.50. The van der Waals surface area contributed by atoms with Gasteiger partial charge in [-0.15, -0.1) is 0 Å². The SMILES string of the molecule is CCNCCC(C)N1CCc2ccc(F)cc21. The van der Waals surface area contributed by atoms with Gasteiger partial charge in [-0.1, -0.05) is 13.0 Å². The van der Waals surface area contributed by atoms with Crippen molar-refractivity contribution in [3.05, 3.63) is 29.6 Å². The highest BCUT2D eigenvalue weighted by Gasteiger charge is 2.23. The third-order valence-electron chi connectivity index (χ3n) is 3.50. The first-order chi connectivity index (χ1) is 8.22. The molecule has 3 heteroatoms. The van der Waals surface area contributed by atoms with Gasteiger partial charge >= 0.3 is 0 Å². The van der Waals surface area contributed by atoms with Crippen LogP contribution in [0.4, 0.5) is 10.1 Å². The molecule has 1 unspecified atom stereocenters. The summed E-state index contributed by atoms with van der Waals surface area (Å²) in [5.74, 6) is -0.130. The van der Waals surface area contributed by atoms with E-state index in [1.165, 1.54) is 5.56 Å². The summed E-state index contributed by atoms with van der Waals surface area (Å²) in [7, 11) is 0. The van der Waals surface area contributed by atoms with E-state index in [9.17, 15) is 4.39 Å². The van der Waals surface area contributed by atoms with Crippen LogP contribution in [0.5, 0.6) is 0 Å². The second-order valence-electron chi connectivity index (χ2n) is 4.71. The minimum absolute atomic E-state index is 0.130. The quantitative estimate of drug-likeness (QED) is 0.790. The van der Waals surface area contributed by atoms with E-state index in [1.807, 2.05) is 6.07 Å². The summed E-state index contributed by atoms with van der Waals surface area (Å²) in [5.41, 5.74) is 2.37. The van der Waals surface area contributed by atoms with E-state index in [1.54, 1.807) is 12.1 Å². The van der Waals surface area contributed by atoms with Gasteiger partial charge in [-0.3, -0.25) is 0 Å². The first-order valence-corrected chi connectivity index (χ1v) is 6.48. The summed E-state index contributed by atoms with van der Waals surface area (Å²) in [6, 6.07) is 5.62. The lowest BCUT2D eigenvalue weighted by Crippen LogP contribution is -2.34. The molecule has 0 bridgehead atoms. The van der Waals surface area contributed by atoms with E-state index in [-0.39, 0.29) is 5.82 Å². The average molecular weight is 236 g/mol. The van der Waals surface area contributed by atoms with Crippen LogP contribution in [0.3, 0.4) is 0 Å². The summed E-state index contributed by atoms with van der Waals surface area (Å²) >= 11 is 0. The Kier molecular flexibility index (Phi) is 4.00. The smallest absolute Gasteiger partial charge is 0.125 e. The van der Waals surface area contributed by atoms with E-state index < -0.39 is 0 Å². The van der Waals surface area contributed by atoms with Gasteiger partial charge in [-0.2, -0.15) is 0 Å². The first kappa shape index (κ1) is 12.4. The molecule has 17 heavy (non-hydrogen) atoms. The number of rotatable bonds is 5. The highest BCUT2D eigenvalue weighted by Crippen LogP contribution is 2.30. The number of anilines is 1. The van der Waals surface area contributed by atoms with Gasteiger partial charge in [0, 0.05) is 18.3 Å². The molecule has 1 aromatic carbocycles. The Morgan fingerprint density at radius 2 is 2.29 bits per heavy atom. The molecule has 2 nitrogen and oxygen atoms in total. The summed E-state index contributed by atoms with van der Waals surface area (Å²) in [6.07, 6.45) is 2.14. The predicted molar refractivity (Wildman–Crippen MR) is 70.1 cm³/mol. The number of hydrogen-bond donors (Lipinski definition) is 1. The van der Waals surface area contributed by atoms with Crippen LogP contribution in [-0.4, -0.2) is 25.7 Å². The highest BCUT2D eigenvalue weighted by molar-refractivity contribution is 5.58. The van der Waals surface area contributed by atoms with Crippen LogP contribution in [-0.2, 0) is 6.42 Å². The van der Waals surface area contributed by atoms with Gasteiger partial charge in [0.1, 0.15) is 5.82 Å². The Hall–Kier alpha value is -1.09. The normalized spacial score (nSPS) is 16.1. The van der Waals surface area contributed by atoms with Gasteiger partial charge in [0.15, 0.2) is 0 Å². The van der Waals surface area contributed by atoms with Crippen molar-refractivity contribution >= 4 is 5.69 Å². The van der Waals surface area contributed by atoms with E-state index in [0.29, 0.717) is 6.04 Å². The summed E-state index contributed by atoms with van der Waals surface area (Å²) in [6.45, 7) is 7.39. The molecule has 0 saturated carbocycles. The largest absolute Gasteiger partial charge is 0.368 e. The van der Waals surface area contributed by atoms with Gasteiger partial charge in [-0.25, -0.2) is 4.39 Å². The standard InChI is InChI=1S/C14H21FN2/c1-3-16-8-6-11(2)17-9-7-12-4-5-13(15)10-14(12)17/h4-5,10-11,16H,3,6-9H2,1-2H3. The molecule has 0 amide bonds. The molecule has 0 spiro atoms. The van der Waals surface area contributed by atoms with Crippen molar-refractivity contribution < 1.29 is 4.39 Å². The van der Waals surface area contributed by atoms with Crippen molar-refractivity contribution in [3.63, 3.8) is 0 Å². The Morgan fingerprint density at radius 1 is 1.47 bits per heavy atom. The van der Waals surface area contributed by atoms with Crippen LogP contribution in [0.25, 0.3) is 0 Å². The van der Waals surface area contributed by atoms with Crippen LogP contribution < -0.4 is 10.2 Å². The lowest BCUT2D eigenvalue weighted by Gasteiger charge is -2.27. The number of benzene rings is 1. The Labute approximate surface area is 103 Å². The molecule has 2 rings (SSSR count). The number of nitrogens with one attached hydrogen (secondary N) is 1. The van der Waals surface area contributed by atoms with Gasteiger partial charge in [0.25, 0.3) is 0 Å². The minimum atomic E-state index is -0.130. The molecule has 1 atom stereocenters. The fraction of sp³-hybridized carbons (Fsp3) is 0.571. The van der Waals surface area contributed by atoms with Crippen molar-refractivity contribution in [1.82, 2.24) is 5.32 Å². The van der Waals surface area contributed by atoms with Crippen molar-refractivity contribution in [1.29, 1.82) is 0 Å². The maximum absolute atomic E-state index is 13.3. The molecular formula is C14H21FN2. The summed E-state index contributed by atoms with van der Waals surface area (Å²) in [4.78, 5) is 2.33. The molecule has 0 radical (unpaired) electrons. The molecule has 0 fully saturated rings. The van der Waals surface area contributed by atoms with Crippen molar-refractivity contribution in [2.45, 2.75) is 32.7 Å². The topological polar surface area (TPSA) is 15.3 Å². The zero-order valence-electron chi connectivity index (χ0n) is 10.7. The Balaban J connectivity index is 2.02. The molecule has 0 aliphatic carbocycles. The van der Waals surface area contributed by atoms with Crippen LogP contribution in [0.2, 0.25) is 0 Å². The predicted octanol–water partition coefficient (Wildman–Crippen LogP) is 2.58. The molecule has 0 saturated heterocycles. The molecule has 0 aromatic heterocycles. The monoisotopic (exact) mass is 236 g/mol. The second-order valence-corrected chi connectivity index (χ2v) is 4.71. The fourth-order valence-corrected chi connectivity index (χ4v) is 2.48. The van der Waals surface area contributed by atoms with Crippen molar-refractivity contribution in [2.75, 3.05) is 24.5 Å². The Bertz CT molecular complexity index is 378. The van der Waals surface area contributed by atoms with Gasteiger partial charge < -0.3 is 10.2 Å². The van der Waals surface area contributed by atoms with Gasteiger partial charge in [0.2, 0.25) is 0 Å². The summed E-state index contributed by atoms with van der Waals surface area (Å²) < 4.78 is 13.3. The number of nitrogens with zero attached hydrogens (tertiary/aromatic N) is 1. The molecule has 1 aliphatic heterocycles. The van der Waals surface area contributed by atoms with E-state index in [0.717, 1.165) is 38.2 Å². The third kappa shape index (κ3) is 2.78. The maximum atomic E-state index is 13.3.